The fourth-order valence-corrected chi connectivity index (χ4v) is 1.97. The van der Waals surface area contributed by atoms with Crippen molar-refractivity contribution in [1.29, 1.82) is 0 Å². The smallest absolute Gasteiger partial charge is 0.239 e. The van der Waals surface area contributed by atoms with Gasteiger partial charge in [0.2, 0.25) is 5.91 Å². The van der Waals surface area contributed by atoms with Crippen molar-refractivity contribution in [2.75, 3.05) is 11.9 Å². The van der Waals surface area contributed by atoms with E-state index in [-0.39, 0.29) is 24.3 Å². The van der Waals surface area contributed by atoms with Gasteiger partial charge in [-0.3, -0.25) is 4.79 Å². The molecular weight excluding hydrogens is 299 g/mol. The Hall–Kier alpha value is -1.10. The number of carbonyl (C=O) groups is 1. The van der Waals surface area contributed by atoms with Crippen molar-refractivity contribution in [3.63, 3.8) is 0 Å². The molecule has 2 N–H and O–H groups in total. The molecule has 0 aliphatic rings. The second-order valence-corrected chi connectivity index (χ2v) is 4.91. The van der Waals surface area contributed by atoms with Crippen LogP contribution in [0.2, 0.25) is 0 Å². The third kappa shape index (κ3) is 4.64. The molecule has 1 aromatic rings. The summed E-state index contributed by atoms with van der Waals surface area (Å²) in [6, 6.07) is 4.53. The molecule has 0 atom stereocenters. The molecule has 0 spiro atoms. The number of anilines is 1. The maximum absolute atomic E-state index is 13.0. The van der Waals surface area contributed by atoms with Crippen LogP contribution in [0.5, 0.6) is 0 Å². The van der Waals surface area contributed by atoms with Crippen LogP contribution in [0.25, 0.3) is 0 Å². The number of rotatable bonds is 6. The average molecular weight is 317 g/mol. The van der Waals surface area contributed by atoms with E-state index in [2.05, 4.69) is 26.6 Å². The second-order valence-electron chi connectivity index (χ2n) is 4.06. The molecule has 0 unspecified atom stereocenters. The number of carbonyl (C=O) groups excluding carboxylic acids is 1. The highest BCUT2D eigenvalue weighted by Gasteiger charge is 2.09. The summed E-state index contributed by atoms with van der Waals surface area (Å²) in [5.74, 6) is -0.416. The van der Waals surface area contributed by atoms with Gasteiger partial charge in [-0.15, -0.1) is 0 Å². The van der Waals surface area contributed by atoms with Crippen LogP contribution in [0.4, 0.5) is 10.1 Å². The predicted octanol–water partition coefficient (Wildman–Crippen LogP) is 3.30. The Morgan fingerprint density at radius 2 is 2.06 bits per heavy atom. The summed E-state index contributed by atoms with van der Waals surface area (Å²) in [5, 5.41) is 5.82. The number of amides is 1. The zero-order chi connectivity index (χ0) is 13.5. The normalized spacial score (nSPS) is 10.5. The van der Waals surface area contributed by atoms with Crippen molar-refractivity contribution in [2.24, 2.45) is 0 Å². The van der Waals surface area contributed by atoms with Crippen molar-refractivity contribution < 1.29 is 9.18 Å². The standard InChI is InChI=1S/C13H18BrFN2O/c1-3-10(4-2)17-13(18)8-16-12-7-9(15)5-6-11(12)14/h5-7,10,16H,3-4,8H2,1-2H3,(H,17,18). The zero-order valence-corrected chi connectivity index (χ0v) is 12.2. The molecule has 0 fully saturated rings. The first-order valence-electron chi connectivity index (χ1n) is 6.05. The van der Waals surface area contributed by atoms with Gasteiger partial charge < -0.3 is 10.6 Å². The topological polar surface area (TPSA) is 41.1 Å². The van der Waals surface area contributed by atoms with Gasteiger partial charge in [-0.2, -0.15) is 0 Å². The molecule has 0 saturated heterocycles. The van der Waals surface area contributed by atoms with Crippen LogP contribution in [0.15, 0.2) is 22.7 Å². The van der Waals surface area contributed by atoms with Gasteiger partial charge in [0.1, 0.15) is 5.82 Å². The molecule has 100 valence electrons. The molecule has 18 heavy (non-hydrogen) atoms. The van der Waals surface area contributed by atoms with Crippen LogP contribution in [-0.4, -0.2) is 18.5 Å². The highest BCUT2D eigenvalue weighted by Crippen LogP contribution is 2.22. The molecule has 1 amide bonds. The van der Waals surface area contributed by atoms with Gasteiger partial charge in [-0.05, 0) is 47.0 Å². The van der Waals surface area contributed by atoms with Gasteiger partial charge in [0.25, 0.3) is 0 Å². The minimum absolute atomic E-state index is 0.0835. The molecule has 1 aromatic carbocycles. The van der Waals surface area contributed by atoms with E-state index in [1.54, 1.807) is 6.07 Å². The fraction of sp³-hybridized carbons (Fsp3) is 0.462. The largest absolute Gasteiger partial charge is 0.375 e. The van der Waals surface area contributed by atoms with Crippen molar-refractivity contribution in [1.82, 2.24) is 5.32 Å². The summed E-state index contributed by atoms with van der Waals surface area (Å²) in [5.41, 5.74) is 0.578. The first-order chi connectivity index (χ1) is 8.56. The van der Waals surface area contributed by atoms with Crippen molar-refractivity contribution in [2.45, 2.75) is 32.7 Å². The Bertz CT molecular complexity index is 408. The maximum Gasteiger partial charge on any atom is 0.239 e. The van der Waals surface area contributed by atoms with Crippen LogP contribution in [0, 0.1) is 5.82 Å². The summed E-state index contributed by atoms with van der Waals surface area (Å²) >= 11 is 3.30. The Kier molecular flexibility index (Phi) is 6.12. The van der Waals surface area contributed by atoms with Gasteiger partial charge in [0.05, 0.1) is 12.2 Å². The van der Waals surface area contributed by atoms with E-state index in [0.29, 0.717) is 5.69 Å². The van der Waals surface area contributed by atoms with Crippen LogP contribution >= 0.6 is 15.9 Å². The van der Waals surface area contributed by atoms with Gasteiger partial charge >= 0.3 is 0 Å². The summed E-state index contributed by atoms with van der Waals surface area (Å²) in [7, 11) is 0. The van der Waals surface area contributed by atoms with E-state index in [4.69, 9.17) is 0 Å². The summed E-state index contributed by atoms with van der Waals surface area (Å²) < 4.78 is 13.8. The highest BCUT2D eigenvalue weighted by atomic mass is 79.9. The zero-order valence-electron chi connectivity index (χ0n) is 10.6. The van der Waals surface area contributed by atoms with E-state index in [1.807, 2.05) is 13.8 Å². The highest BCUT2D eigenvalue weighted by molar-refractivity contribution is 9.10. The van der Waals surface area contributed by atoms with Crippen molar-refractivity contribution >= 4 is 27.5 Å². The Morgan fingerprint density at radius 3 is 2.67 bits per heavy atom. The lowest BCUT2D eigenvalue weighted by Gasteiger charge is -2.15. The molecule has 0 aromatic heterocycles. The monoisotopic (exact) mass is 316 g/mol. The first-order valence-corrected chi connectivity index (χ1v) is 6.84. The summed E-state index contributed by atoms with van der Waals surface area (Å²) in [4.78, 5) is 11.7. The molecular formula is C13H18BrFN2O. The number of hydrogen-bond acceptors (Lipinski definition) is 2. The number of nitrogens with one attached hydrogen (secondary N) is 2. The molecule has 1 rings (SSSR count). The maximum atomic E-state index is 13.0. The molecule has 0 heterocycles. The molecule has 0 aliphatic carbocycles. The van der Waals surface area contributed by atoms with Gasteiger partial charge in [0.15, 0.2) is 0 Å². The van der Waals surface area contributed by atoms with E-state index < -0.39 is 0 Å². The van der Waals surface area contributed by atoms with E-state index in [0.717, 1.165) is 17.3 Å². The second kappa shape index (κ2) is 7.36. The molecule has 0 radical (unpaired) electrons. The molecule has 5 heteroatoms. The quantitative estimate of drug-likeness (QED) is 0.845. The van der Waals surface area contributed by atoms with Crippen molar-refractivity contribution in [3.05, 3.63) is 28.5 Å². The van der Waals surface area contributed by atoms with E-state index in [1.165, 1.54) is 12.1 Å². The lowest BCUT2D eigenvalue weighted by molar-refractivity contribution is -0.120. The minimum atomic E-state index is -0.332. The van der Waals surface area contributed by atoms with Crippen LogP contribution in [-0.2, 0) is 4.79 Å². The van der Waals surface area contributed by atoms with Gasteiger partial charge in [-0.1, -0.05) is 13.8 Å². The van der Waals surface area contributed by atoms with E-state index >= 15 is 0 Å². The SMILES string of the molecule is CCC(CC)NC(=O)CNc1cc(F)ccc1Br. The third-order valence-corrected chi connectivity index (χ3v) is 3.41. The van der Waals surface area contributed by atoms with E-state index in [9.17, 15) is 9.18 Å². The third-order valence-electron chi connectivity index (χ3n) is 2.72. The van der Waals surface area contributed by atoms with Crippen molar-refractivity contribution in [3.8, 4) is 0 Å². The lowest BCUT2D eigenvalue weighted by Crippen LogP contribution is -2.37. The Labute approximate surface area is 115 Å². The number of benzene rings is 1. The molecule has 0 bridgehead atoms. The molecule has 0 saturated carbocycles. The fourth-order valence-electron chi connectivity index (χ4n) is 1.58. The first kappa shape index (κ1) is 15.0. The molecule has 3 nitrogen and oxygen atoms in total. The van der Waals surface area contributed by atoms with Crippen LogP contribution < -0.4 is 10.6 Å². The minimum Gasteiger partial charge on any atom is -0.375 e. The number of halogens is 2. The molecule has 0 aliphatic heterocycles. The lowest BCUT2D eigenvalue weighted by atomic mass is 10.2. The Morgan fingerprint density at radius 1 is 1.39 bits per heavy atom. The van der Waals surface area contributed by atoms with Gasteiger partial charge in [-0.25, -0.2) is 4.39 Å². The van der Waals surface area contributed by atoms with Crippen LogP contribution in [0.1, 0.15) is 26.7 Å². The van der Waals surface area contributed by atoms with Crippen LogP contribution in [0.3, 0.4) is 0 Å². The number of hydrogen-bond donors (Lipinski definition) is 2. The van der Waals surface area contributed by atoms with Gasteiger partial charge in [0, 0.05) is 10.5 Å². The Balaban J connectivity index is 2.49. The summed E-state index contributed by atoms with van der Waals surface area (Å²) in [6.07, 6.45) is 1.82. The predicted molar refractivity (Wildman–Crippen MR) is 75.1 cm³/mol. The summed E-state index contributed by atoms with van der Waals surface area (Å²) in [6.45, 7) is 4.20. The average Bonchev–Trinajstić information content (AvgIpc) is 2.37.